The van der Waals surface area contributed by atoms with Crippen LogP contribution in [0.3, 0.4) is 0 Å². The Morgan fingerprint density at radius 1 is 1.15 bits per heavy atom. The fourth-order valence-electron chi connectivity index (χ4n) is 1.14. The van der Waals surface area contributed by atoms with Gasteiger partial charge in [-0.25, -0.2) is 0 Å². The smallest absolute Gasteiger partial charge is 0.0360 e. The molecule has 0 aromatic rings. The van der Waals surface area contributed by atoms with Crippen LogP contribution in [0.1, 0.15) is 27.7 Å². The molecule has 74 valence electrons. The number of rotatable bonds is 5. The highest BCUT2D eigenvalue weighted by Crippen LogP contribution is 2.05. The lowest BCUT2D eigenvalue weighted by Crippen LogP contribution is -2.20. The lowest BCUT2D eigenvalue weighted by molar-refractivity contribution is 0.395. The molecule has 0 saturated carbocycles. The third kappa shape index (κ3) is 4.56. The van der Waals surface area contributed by atoms with Gasteiger partial charge in [-0.05, 0) is 39.8 Å². The van der Waals surface area contributed by atoms with Gasteiger partial charge in [0.25, 0.3) is 0 Å². The Morgan fingerprint density at radius 3 is 2.00 bits per heavy atom. The Labute approximate surface area is 82.4 Å². The molecule has 0 aliphatic carbocycles. The summed E-state index contributed by atoms with van der Waals surface area (Å²) in [6, 6.07) is 0. The number of likely N-dealkylation sites (N-methyl/N-ethyl adjacent to an activating group) is 1. The van der Waals surface area contributed by atoms with Crippen molar-refractivity contribution in [2.45, 2.75) is 27.7 Å². The summed E-state index contributed by atoms with van der Waals surface area (Å²) in [5, 5.41) is 0. The summed E-state index contributed by atoms with van der Waals surface area (Å²) in [6.07, 6.45) is 6.15. The topological polar surface area (TPSA) is 3.24 Å². The summed E-state index contributed by atoms with van der Waals surface area (Å²) in [5.74, 6) is 0. The van der Waals surface area contributed by atoms with Crippen LogP contribution in [0.2, 0.25) is 0 Å². The lowest BCUT2D eigenvalue weighted by Gasteiger charge is -2.21. The molecule has 0 aliphatic heterocycles. The van der Waals surface area contributed by atoms with Gasteiger partial charge in [-0.2, -0.15) is 0 Å². The van der Waals surface area contributed by atoms with Crippen LogP contribution in [0.4, 0.5) is 0 Å². The Hall–Kier alpha value is -0.980. The standard InChI is InChI=1S/C12H21N/c1-6-12(10-9-11(4)5)13(7-2)8-3/h6,9-10H,1,7-8H2,2-5H3/b12-10+. The Kier molecular flexibility index (Phi) is 6.03. The summed E-state index contributed by atoms with van der Waals surface area (Å²) in [6.45, 7) is 14.4. The van der Waals surface area contributed by atoms with Crippen molar-refractivity contribution >= 4 is 0 Å². The van der Waals surface area contributed by atoms with E-state index in [-0.39, 0.29) is 0 Å². The van der Waals surface area contributed by atoms with Gasteiger partial charge < -0.3 is 4.90 Å². The SMILES string of the molecule is C=C/C(=C\C=C(C)C)N(CC)CC. The first-order chi connectivity index (χ1) is 6.15. The molecule has 0 unspecified atom stereocenters. The molecule has 0 aliphatic rings. The van der Waals surface area contributed by atoms with Crippen molar-refractivity contribution in [3.05, 3.63) is 36.1 Å². The van der Waals surface area contributed by atoms with Gasteiger partial charge in [0.05, 0.1) is 0 Å². The number of hydrogen-bond acceptors (Lipinski definition) is 1. The van der Waals surface area contributed by atoms with E-state index in [4.69, 9.17) is 0 Å². The van der Waals surface area contributed by atoms with Gasteiger partial charge in [0.1, 0.15) is 0 Å². The maximum absolute atomic E-state index is 3.82. The highest BCUT2D eigenvalue weighted by Gasteiger charge is 1.98. The van der Waals surface area contributed by atoms with Crippen molar-refractivity contribution in [1.82, 2.24) is 4.90 Å². The van der Waals surface area contributed by atoms with Gasteiger partial charge in [-0.1, -0.05) is 18.2 Å². The van der Waals surface area contributed by atoms with E-state index >= 15 is 0 Å². The number of nitrogens with zero attached hydrogens (tertiary/aromatic N) is 1. The normalized spacial score (nSPS) is 10.9. The van der Waals surface area contributed by atoms with Crippen molar-refractivity contribution in [3.63, 3.8) is 0 Å². The molecule has 0 aromatic heterocycles. The molecule has 0 aromatic carbocycles. The maximum Gasteiger partial charge on any atom is 0.0360 e. The molecule has 0 heterocycles. The van der Waals surface area contributed by atoms with Crippen LogP contribution in [-0.2, 0) is 0 Å². The van der Waals surface area contributed by atoms with E-state index in [9.17, 15) is 0 Å². The van der Waals surface area contributed by atoms with E-state index in [1.165, 1.54) is 11.3 Å². The predicted molar refractivity (Wildman–Crippen MR) is 60.6 cm³/mol. The van der Waals surface area contributed by atoms with Gasteiger partial charge >= 0.3 is 0 Å². The molecule has 0 bridgehead atoms. The number of hydrogen-bond donors (Lipinski definition) is 0. The average Bonchev–Trinajstić information content (AvgIpc) is 2.11. The summed E-state index contributed by atoms with van der Waals surface area (Å²) < 4.78 is 0. The minimum Gasteiger partial charge on any atom is -0.372 e. The van der Waals surface area contributed by atoms with Crippen molar-refractivity contribution in [1.29, 1.82) is 0 Å². The molecule has 0 radical (unpaired) electrons. The molecule has 0 fully saturated rings. The fourth-order valence-corrected chi connectivity index (χ4v) is 1.14. The summed E-state index contributed by atoms with van der Waals surface area (Å²) in [5.41, 5.74) is 2.51. The Morgan fingerprint density at radius 2 is 1.69 bits per heavy atom. The van der Waals surface area contributed by atoms with Crippen molar-refractivity contribution in [2.24, 2.45) is 0 Å². The van der Waals surface area contributed by atoms with Gasteiger partial charge in [-0.15, -0.1) is 0 Å². The average molecular weight is 179 g/mol. The largest absolute Gasteiger partial charge is 0.372 e. The Balaban J connectivity index is 4.56. The zero-order chi connectivity index (χ0) is 10.3. The fraction of sp³-hybridized carbons (Fsp3) is 0.500. The molecule has 0 amide bonds. The zero-order valence-corrected chi connectivity index (χ0v) is 9.30. The summed E-state index contributed by atoms with van der Waals surface area (Å²) in [7, 11) is 0. The molecular weight excluding hydrogens is 158 g/mol. The van der Waals surface area contributed by atoms with Gasteiger partial charge in [0.2, 0.25) is 0 Å². The first-order valence-electron chi connectivity index (χ1n) is 4.88. The molecule has 1 nitrogen and oxygen atoms in total. The van der Waals surface area contributed by atoms with Gasteiger partial charge in [0, 0.05) is 18.8 Å². The van der Waals surface area contributed by atoms with Crippen molar-refractivity contribution in [3.8, 4) is 0 Å². The second-order valence-corrected chi connectivity index (χ2v) is 3.21. The molecule has 1 heteroatoms. The molecule has 13 heavy (non-hydrogen) atoms. The predicted octanol–water partition coefficient (Wildman–Crippen LogP) is 3.36. The highest BCUT2D eigenvalue weighted by atomic mass is 15.1. The summed E-state index contributed by atoms with van der Waals surface area (Å²) >= 11 is 0. The second-order valence-electron chi connectivity index (χ2n) is 3.21. The van der Waals surface area contributed by atoms with Crippen LogP contribution >= 0.6 is 0 Å². The van der Waals surface area contributed by atoms with Crippen LogP contribution in [0, 0.1) is 0 Å². The zero-order valence-electron chi connectivity index (χ0n) is 9.30. The first-order valence-corrected chi connectivity index (χ1v) is 4.88. The highest BCUT2D eigenvalue weighted by molar-refractivity contribution is 5.22. The van der Waals surface area contributed by atoms with Gasteiger partial charge in [-0.3, -0.25) is 0 Å². The van der Waals surface area contributed by atoms with E-state index in [2.05, 4.69) is 51.3 Å². The van der Waals surface area contributed by atoms with E-state index < -0.39 is 0 Å². The summed E-state index contributed by atoms with van der Waals surface area (Å²) in [4.78, 5) is 2.28. The van der Waals surface area contributed by atoms with Crippen LogP contribution in [0.25, 0.3) is 0 Å². The lowest BCUT2D eigenvalue weighted by atomic mass is 10.2. The second kappa shape index (κ2) is 6.53. The van der Waals surface area contributed by atoms with Crippen molar-refractivity contribution in [2.75, 3.05) is 13.1 Å². The monoisotopic (exact) mass is 179 g/mol. The minimum absolute atomic E-state index is 1.03. The third-order valence-electron chi connectivity index (χ3n) is 1.93. The molecule has 0 rings (SSSR count). The van der Waals surface area contributed by atoms with Crippen LogP contribution in [-0.4, -0.2) is 18.0 Å². The third-order valence-corrected chi connectivity index (χ3v) is 1.93. The minimum atomic E-state index is 1.03. The maximum atomic E-state index is 3.82. The van der Waals surface area contributed by atoms with Crippen molar-refractivity contribution < 1.29 is 0 Å². The van der Waals surface area contributed by atoms with E-state index in [0.29, 0.717) is 0 Å². The van der Waals surface area contributed by atoms with E-state index in [0.717, 1.165) is 13.1 Å². The molecule has 0 saturated heterocycles. The van der Waals surface area contributed by atoms with E-state index in [1.807, 2.05) is 6.08 Å². The molecular formula is C12H21N. The molecule has 0 N–H and O–H groups in total. The molecule has 0 spiro atoms. The quantitative estimate of drug-likeness (QED) is 0.585. The van der Waals surface area contributed by atoms with Gasteiger partial charge in [0.15, 0.2) is 0 Å². The Bertz CT molecular complexity index is 203. The molecule has 0 atom stereocenters. The first kappa shape index (κ1) is 12.0. The van der Waals surface area contributed by atoms with Crippen LogP contribution in [0.5, 0.6) is 0 Å². The van der Waals surface area contributed by atoms with Crippen LogP contribution < -0.4 is 0 Å². The number of allylic oxidation sites excluding steroid dienone is 4. The van der Waals surface area contributed by atoms with Crippen LogP contribution in [0.15, 0.2) is 36.1 Å². The van der Waals surface area contributed by atoms with E-state index in [1.54, 1.807) is 0 Å².